The fourth-order valence-electron chi connectivity index (χ4n) is 2.97. The third kappa shape index (κ3) is 5.15. The Bertz CT molecular complexity index is 559. The molecule has 2 aliphatic rings. The van der Waals surface area contributed by atoms with Gasteiger partial charge in [0.1, 0.15) is 18.9 Å². The number of rotatable bonds is 5. The number of amidine groups is 1. The van der Waals surface area contributed by atoms with Crippen LogP contribution in [-0.2, 0) is 4.74 Å². The van der Waals surface area contributed by atoms with Gasteiger partial charge in [-0.15, -0.1) is 0 Å². The van der Waals surface area contributed by atoms with Crippen molar-refractivity contribution in [2.45, 2.75) is 12.8 Å². The van der Waals surface area contributed by atoms with Gasteiger partial charge in [0.25, 0.3) is 0 Å². The molecule has 2 heterocycles. The average Bonchev–Trinajstić information content (AvgIpc) is 3.09. The summed E-state index contributed by atoms with van der Waals surface area (Å²) in [5.74, 6) is 0.926. The van der Waals surface area contributed by atoms with E-state index in [1.165, 1.54) is 0 Å². The van der Waals surface area contributed by atoms with E-state index in [1.54, 1.807) is 4.90 Å². The summed E-state index contributed by atoms with van der Waals surface area (Å²) in [5.41, 5.74) is 4.47. The van der Waals surface area contributed by atoms with Gasteiger partial charge in [-0.05, 0) is 24.4 Å². The molecule has 0 amide bonds. The van der Waals surface area contributed by atoms with E-state index in [1.807, 2.05) is 18.2 Å². The Morgan fingerprint density at radius 1 is 1.29 bits per heavy atom. The van der Waals surface area contributed by atoms with Crippen LogP contribution in [0.2, 0.25) is 0 Å². The van der Waals surface area contributed by atoms with Crippen LogP contribution in [0.4, 0.5) is 5.69 Å². The monoisotopic (exact) mass is 348 g/mol. The van der Waals surface area contributed by atoms with Crippen molar-refractivity contribution in [1.29, 1.82) is 0 Å². The predicted molar refractivity (Wildman–Crippen MR) is 101 cm³/mol. The maximum Gasteiger partial charge on any atom is 0.194 e. The molecule has 1 aromatic rings. The Morgan fingerprint density at radius 2 is 2.08 bits per heavy atom. The zero-order valence-electron chi connectivity index (χ0n) is 14.0. The summed E-state index contributed by atoms with van der Waals surface area (Å²) >= 11 is 5.33. The zero-order chi connectivity index (χ0) is 16.6. The molecule has 0 aliphatic carbocycles. The zero-order valence-corrected chi connectivity index (χ0v) is 14.8. The smallest absolute Gasteiger partial charge is 0.194 e. The van der Waals surface area contributed by atoms with Gasteiger partial charge in [-0.2, -0.15) is 0 Å². The van der Waals surface area contributed by atoms with Crippen LogP contribution in [0.15, 0.2) is 35.3 Å². The lowest BCUT2D eigenvalue weighted by atomic mass is 10.3. The molecule has 0 aromatic heterocycles. The minimum absolute atomic E-state index is 0.574. The van der Waals surface area contributed by atoms with Crippen LogP contribution in [0, 0.1) is 0 Å². The lowest BCUT2D eigenvalue weighted by Crippen LogP contribution is -3.14. The molecule has 0 atom stereocenters. The first-order valence-electron chi connectivity index (χ1n) is 8.67. The van der Waals surface area contributed by atoms with Crippen molar-refractivity contribution >= 4 is 28.9 Å². The number of nitrogens with one attached hydrogen (secondary N) is 3. The summed E-state index contributed by atoms with van der Waals surface area (Å²) in [4.78, 5) is 6.12. The van der Waals surface area contributed by atoms with Crippen LogP contribution < -0.4 is 20.7 Å². The highest BCUT2D eigenvalue weighted by atomic mass is 32.1. The number of para-hydroxylation sites is 1. The normalized spacial score (nSPS) is 20.2. The van der Waals surface area contributed by atoms with Crippen molar-refractivity contribution in [3.63, 3.8) is 0 Å². The van der Waals surface area contributed by atoms with Gasteiger partial charge in [-0.25, -0.2) is 4.99 Å². The van der Waals surface area contributed by atoms with Gasteiger partial charge < -0.3 is 15.0 Å². The second kappa shape index (κ2) is 8.96. The summed E-state index contributed by atoms with van der Waals surface area (Å²) in [6.07, 6.45) is 1.98. The van der Waals surface area contributed by atoms with E-state index in [9.17, 15) is 0 Å². The topological polar surface area (TPSA) is 53.3 Å². The number of ether oxygens (including phenoxy) is 1. The van der Waals surface area contributed by atoms with Gasteiger partial charge in [0, 0.05) is 25.9 Å². The number of aliphatic imine (C=N–C) groups is 1. The number of anilines is 1. The number of morpholine rings is 1. The van der Waals surface area contributed by atoms with Crippen molar-refractivity contribution in [3.8, 4) is 0 Å². The van der Waals surface area contributed by atoms with Crippen molar-refractivity contribution in [2.75, 3.05) is 50.9 Å². The van der Waals surface area contributed by atoms with E-state index in [2.05, 4.69) is 32.9 Å². The molecular formula is C17H26N5OS+. The molecule has 0 spiro atoms. The molecular weight excluding hydrogens is 322 g/mol. The van der Waals surface area contributed by atoms with Gasteiger partial charge in [0.2, 0.25) is 0 Å². The Balaban J connectivity index is 1.36. The highest BCUT2D eigenvalue weighted by Gasteiger charge is 2.17. The molecule has 3 N–H and O–H groups in total. The van der Waals surface area contributed by atoms with Crippen LogP contribution in [0.5, 0.6) is 0 Å². The summed E-state index contributed by atoms with van der Waals surface area (Å²) in [7, 11) is 0. The second-order valence-corrected chi connectivity index (χ2v) is 6.49. The molecule has 130 valence electrons. The van der Waals surface area contributed by atoms with Gasteiger partial charge in [0.05, 0.1) is 25.4 Å². The molecule has 2 aliphatic heterocycles. The van der Waals surface area contributed by atoms with Crippen LogP contribution in [-0.4, -0.2) is 56.9 Å². The van der Waals surface area contributed by atoms with E-state index in [4.69, 9.17) is 17.0 Å². The lowest BCUT2D eigenvalue weighted by Gasteiger charge is -2.23. The molecule has 0 bridgehead atoms. The van der Waals surface area contributed by atoms with E-state index in [-0.39, 0.29) is 0 Å². The van der Waals surface area contributed by atoms with Gasteiger partial charge in [-0.3, -0.25) is 10.4 Å². The predicted octanol–water partition coefficient (Wildman–Crippen LogP) is -0.0205. The summed E-state index contributed by atoms with van der Waals surface area (Å²) < 4.78 is 5.37. The molecule has 1 aromatic carbocycles. The first-order chi connectivity index (χ1) is 11.8. The van der Waals surface area contributed by atoms with Crippen LogP contribution in [0.25, 0.3) is 0 Å². The number of nitrogens with zero attached hydrogens (tertiary/aromatic N) is 2. The molecule has 6 nitrogen and oxygen atoms in total. The highest BCUT2D eigenvalue weighted by molar-refractivity contribution is 7.80. The maximum absolute atomic E-state index is 5.37. The number of hydrogen-bond acceptors (Lipinski definition) is 3. The van der Waals surface area contributed by atoms with Crippen LogP contribution in [0.3, 0.4) is 0 Å². The van der Waals surface area contributed by atoms with Crippen LogP contribution >= 0.6 is 12.2 Å². The Morgan fingerprint density at radius 3 is 2.88 bits per heavy atom. The molecule has 0 unspecified atom stereocenters. The van der Waals surface area contributed by atoms with Crippen molar-refractivity contribution < 1.29 is 9.64 Å². The minimum Gasteiger partial charge on any atom is -0.370 e. The number of benzene rings is 1. The second-order valence-electron chi connectivity index (χ2n) is 6.11. The number of quaternary nitrogens is 1. The standard InChI is InChI=1S/C17H25N5OS/c24-17(18-8-4-9-21-11-13-23-14-12-21)19-16-7-10-22(20-16)15-5-2-1-3-6-15/h1-3,5-6H,4,7-14H2,(H2,18,19,20,24)/p+1. The Labute approximate surface area is 148 Å². The minimum atomic E-state index is 0.574. The van der Waals surface area contributed by atoms with E-state index in [0.717, 1.165) is 70.3 Å². The van der Waals surface area contributed by atoms with E-state index >= 15 is 0 Å². The summed E-state index contributed by atoms with van der Waals surface area (Å²) in [6.45, 7) is 6.96. The Kier molecular flexibility index (Phi) is 6.40. The van der Waals surface area contributed by atoms with Crippen molar-refractivity contribution in [3.05, 3.63) is 30.3 Å². The summed E-state index contributed by atoms with van der Waals surface area (Å²) in [5, 5.41) is 5.92. The van der Waals surface area contributed by atoms with E-state index in [0.29, 0.717) is 5.11 Å². The third-order valence-electron chi connectivity index (χ3n) is 4.32. The van der Waals surface area contributed by atoms with Gasteiger partial charge in [0.15, 0.2) is 5.11 Å². The first kappa shape index (κ1) is 17.1. The van der Waals surface area contributed by atoms with Gasteiger partial charge in [-0.1, -0.05) is 18.2 Å². The van der Waals surface area contributed by atoms with Gasteiger partial charge >= 0.3 is 0 Å². The molecule has 2 fully saturated rings. The van der Waals surface area contributed by atoms with Crippen LogP contribution in [0.1, 0.15) is 12.8 Å². The quantitative estimate of drug-likeness (QED) is 0.516. The largest absolute Gasteiger partial charge is 0.370 e. The number of hydrogen-bond donors (Lipinski definition) is 3. The van der Waals surface area contributed by atoms with E-state index < -0.39 is 0 Å². The fourth-order valence-corrected chi connectivity index (χ4v) is 3.19. The Hall–Kier alpha value is -1.70. The molecule has 2 saturated heterocycles. The SMILES string of the molecule is S=C(/N=C1/CCN(c2ccccc2)N1)NCCC[NH+]1CCOCC1. The molecule has 3 rings (SSSR count). The van der Waals surface area contributed by atoms with Crippen molar-refractivity contribution in [1.82, 2.24) is 10.7 Å². The molecule has 24 heavy (non-hydrogen) atoms. The average molecular weight is 348 g/mol. The highest BCUT2D eigenvalue weighted by Crippen LogP contribution is 2.14. The van der Waals surface area contributed by atoms with Crippen molar-refractivity contribution in [2.24, 2.45) is 4.99 Å². The maximum atomic E-state index is 5.37. The first-order valence-corrected chi connectivity index (χ1v) is 9.08. The lowest BCUT2D eigenvalue weighted by molar-refractivity contribution is -0.908. The molecule has 7 heteroatoms. The molecule has 0 radical (unpaired) electrons. The summed E-state index contributed by atoms with van der Waals surface area (Å²) in [6, 6.07) is 10.3. The fraction of sp³-hybridized carbons (Fsp3) is 0.529. The number of thiocarbonyl (C=S) groups is 1. The number of hydrazine groups is 1. The molecule has 0 saturated carbocycles. The third-order valence-corrected chi connectivity index (χ3v) is 4.56.